The fraction of sp³-hybridized carbons (Fsp3) is 0.458. The second-order valence-corrected chi connectivity index (χ2v) is 9.36. The van der Waals surface area contributed by atoms with Gasteiger partial charge in [-0.3, -0.25) is 9.69 Å². The van der Waals surface area contributed by atoms with Crippen LogP contribution in [0, 0.1) is 0 Å². The van der Waals surface area contributed by atoms with Gasteiger partial charge in [0.2, 0.25) is 0 Å². The molecule has 5 nitrogen and oxygen atoms in total. The minimum atomic E-state index is -4.36. The summed E-state index contributed by atoms with van der Waals surface area (Å²) in [6.07, 6.45) is -3.51. The fourth-order valence-electron chi connectivity index (χ4n) is 4.25. The Morgan fingerprint density at radius 1 is 0.941 bits per heavy atom. The van der Waals surface area contributed by atoms with E-state index >= 15 is 0 Å². The maximum Gasteiger partial charge on any atom is 0.416 e. The number of rotatable bonds is 7. The van der Waals surface area contributed by atoms with Gasteiger partial charge in [0.1, 0.15) is 6.61 Å². The van der Waals surface area contributed by atoms with Gasteiger partial charge >= 0.3 is 12.1 Å². The quantitative estimate of drug-likeness (QED) is 0.466. The third-order valence-electron chi connectivity index (χ3n) is 5.99. The van der Waals surface area contributed by atoms with E-state index in [4.69, 9.17) is 4.74 Å². The summed E-state index contributed by atoms with van der Waals surface area (Å²) in [4.78, 5) is 19.5. The number of nitrogens with zero attached hydrogens (tertiary/aromatic N) is 3. The highest BCUT2D eigenvalue weighted by molar-refractivity contribution is 7.99. The van der Waals surface area contributed by atoms with Crippen LogP contribution in [0.25, 0.3) is 0 Å². The van der Waals surface area contributed by atoms with Crippen LogP contribution in [0.5, 0.6) is 0 Å². The molecule has 0 radical (unpaired) electrons. The number of fused-ring (bicyclic) bond motifs is 2. The SMILES string of the molecule is CC(=O)OCCN1CCN(CCCN2c3ccccc3Sc3ccc(C(F)(F)F)cc32)CC1.Cl. The second-order valence-electron chi connectivity index (χ2n) is 8.28. The zero-order valence-corrected chi connectivity index (χ0v) is 20.6. The summed E-state index contributed by atoms with van der Waals surface area (Å²) in [6.45, 7) is 7.82. The average Bonchev–Trinajstić information content (AvgIpc) is 2.78. The van der Waals surface area contributed by atoms with Gasteiger partial charge in [-0.2, -0.15) is 13.2 Å². The standard InChI is InChI=1S/C24H28F3N3O2S.ClH/c1-18(31)32-16-15-29-13-11-28(12-14-29)9-4-10-30-20-5-2-3-6-22(20)33-23-8-7-19(17-21(23)30)24(25,26)27;/h2-3,5-8,17H,4,9-16H2,1H3;1H. The number of halogens is 4. The summed E-state index contributed by atoms with van der Waals surface area (Å²) >= 11 is 1.52. The van der Waals surface area contributed by atoms with Crippen molar-refractivity contribution in [1.82, 2.24) is 9.80 Å². The van der Waals surface area contributed by atoms with Crippen LogP contribution in [-0.2, 0) is 15.7 Å². The molecule has 34 heavy (non-hydrogen) atoms. The van der Waals surface area contributed by atoms with Crippen molar-refractivity contribution in [3.63, 3.8) is 0 Å². The predicted octanol–water partition coefficient (Wildman–Crippen LogP) is 5.30. The minimum Gasteiger partial charge on any atom is -0.465 e. The Labute approximate surface area is 208 Å². The Hall–Kier alpha value is -1.94. The van der Waals surface area contributed by atoms with Gasteiger partial charge in [-0.1, -0.05) is 23.9 Å². The van der Waals surface area contributed by atoms with Crippen molar-refractivity contribution in [3.05, 3.63) is 48.0 Å². The molecule has 186 valence electrons. The summed E-state index contributed by atoms with van der Waals surface area (Å²) < 4.78 is 45.1. The number of hydrogen-bond donors (Lipinski definition) is 0. The van der Waals surface area contributed by atoms with E-state index in [1.807, 2.05) is 29.2 Å². The molecule has 0 aromatic heterocycles. The van der Waals surface area contributed by atoms with E-state index in [1.165, 1.54) is 30.8 Å². The Balaban J connectivity index is 0.00000324. The Morgan fingerprint density at radius 3 is 2.26 bits per heavy atom. The summed E-state index contributed by atoms with van der Waals surface area (Å²) in [5.41, 5.74) is 0.976. The van der Waals surface area contributed by atoms with Gasteiger partial charge < -0.3 is 14.5 Å². The molecule has 0 spiro atoms. The summed E-state index contributed by atoms with van der Waals surface area (Å²) in [5.74, 6) is -0.254. The number of hydrogen-bond acceptors (Lipinski definition) is 6. The van der Waals surface area contributed by atoms with Crippen molar-refractivity contribution < 1.29 is 22.7 Å². The number of alkyl halides is 3. The number of carbonyl (C=O) groups is 1. The molecule has 2 heterocycles. The molecule has 0 bridgehead atoms. The first kappa shape index (κ1) is 26.7. The van der Waals surface area contributed by atoms with E-state index in [0.29, 0.717) is 18.8 Å². The van der Waals surface area contributed by atoms with E-state index < -0.39 is 11.7 Å². The fourth-order valence-corrected chi connectivity index (χ4v) is 5.33. The number of esters is 1. The third-order valence-corrected chi connectivity index (χ3v) is 7.12. The number of piperazine rings is 1. The highest BCUT2D eigenvalue weighted by atomic mass is 35.5. The first-order chi connectivity index (χ1) is 15.8. The number of para-hydroxylation sites is 1. The highest BCUT2D eigenvalue weighted by Crippen LogP contribution is 2.49. The first-order valence-electron chi connectivity index (χ1n) is 11.1. The molecule has 2 aromatic rings. The molecule has 1 fully saturated rings. The molecule has 0 aliphatic carbocycles. The molecule has 0 N–H and O–H groups in total. The van der Waals surface area contributed by atoms with E-state index in [-0.39, 0.29) is 18.4 Å². The molecular formula is C24H29ClF3N3O2S. The Kier molecular flexibility index (Phi) is 9.14. The van der Waals surface area contributed by atoms with Crippen molar-refractivity contribution in [3.8, 4) is 0 Å². The predicted molar refractivity (Wildman–Crippen MR) is 130 cm³/mol. The van der Waals surface area contributed by atoms with Crippen LogP contribution >= 0.6 is 24.2 Å². The lowest BCUT2D eigenvalue weighted by molar-refractivity contribution is -0.141. The summed E-state index contributed by atoms with van der Waals surface area (Å²) in [6, 6.07) is 11.9. The van der Waals surface area contributed by atoms with Crippen LogP contribution in [0.2, 0.25) is 0 Å². The van der Waals surface area contributed by atoms with E-state index in [1.54, 1.807) is 6.07 Å². The molecule has 0 saturated carbocycles. The minimum absolute atomic E-state index is 0. The summed E-state index contributed by atoms with van der Waals surface area (Å²) in [7, 11) is 0. The van der Waals surface area contributed by atoms with Gasteiger partial charge in [-0.15, -0.1) is 12.4 Å². The van der Waals surface area contributed by atoms with Crippen molar-refractivity contribution in [2.45, 2.75) is 29.3 Å². The third kappa shape index (κ3) is 6.59. The lowest BCUT2D eigenvalue weighted by atomic mass is 10.1. The maximum atomic E-state index is 13.4. The molecule has 0 atom stereocenters. The molecule has 2 aromatic carbocycles. The van der Waals surface area contributed by atoms with Crippen LogP contribution in [0.1, 0.15) is 18.9 Å². The highest BCUT2D eigenvalue weighted by Gasteiger charge is 2.33. The molecule has 2 aliphatic rings. The monoisotopic (exact) mass is 515 g/mol. The molecule has 1 saturated heterocycles. The van der Waals surface area contributed by atoms with Crippen LogP contribution in [0.15, 0.2) is 52.3 Å². The van der Waals surface area contributed by atoms with Crippen LogP contribution < -0.4 is 4.90 Å². The zero-order chi connectivity index (χ0) is 23.4. The number of carbonyl (C=O) groups excluding carboxylic acids is 1. The van der Waals surface area contributed by atoms with Crippen LogP contribution in [0.4, 0.5) is 24.5 Å². The Bertz CT molecular complexity index is 984. The lowest BCUT2D eigenvalue weighted by Gasteiger charge is -2.36. The normalized spacial score (nSPS) is 16.4. The molecular weight excluding hydrogens is 487 g/mol. The molecule has 0 unspecified atom stereocenters. The van der Waals surface area contributed by atoms with E-state index in [2.05, 4.69) is 9.80 Å². The number of benzene rings is 2. The van der Waals surface area contributed by atoms with Gasteiger partial charge in [0.15, 0.2) is 0 Å². The maximum absolute atomic E-state index is 13.4. The Morgan fingerprint density at radius 2 is 1.59 bits per heavy atom. The van der Waals surface area contributed by atoms with Crippen molar-refractivity contribution >= 4 is 41.5 Å². The van der Waals surface area contributed by atoms with Crippen molar-refractivity contribution in [2.75, 3.05) is 57.3 Å². The first-order valence-corrected chi connectivity index (χ1v) is 12.0. The molecule has 0 amide bonds. The van der Waals surface area contributed by atoms with Gasteiger partial charge in [-0.05, 0) is 43.3 Å². The number of anilines is 2. The average molecular weight is 516 g/mol. The van der Waals surface area contributed by atoms with Gasteiger partial charge in [-0.25, -0.2) is 0 Å². The van der Waals surface area contributed by atoms with E-state index in [0.717, 1.165) is 61.2 Å². The zero-order valence-electron chi connectivity index (χ0n) is 19.0. The summed E-state index contributed by atoms with van der Waals surface area (Å²) in [5, 5.41) is 0. The van der Waals surface area contributed by atoms with Crippen molar-refractivity contribution in [2.24, 2.45) is 0 Å². The van der Waals surface area contributed by atoms with Crippen LogP contribution in [-0.4, -0.2) is 68.2 Å². The molecule has 2 aliphatic heterocycles. The topological polar surface area (TPSA) is 36.0 Å². The van der Waals surface area contributed by atoms with E-state index in [9.17, 15) is 18.0 Å². The van der Waals surface area contributed by atoms with Gasteiger partial charge in [0, 0.05) is 56.0 Å². The molecule has 4 rings (SSSR count). The largest absolute Gasteiger partial charge is 0.465 e. The van der Waals surface area contributed by atoms with Gasteiger partial charge in [0.05, 0.1) is 16.9 Å². The lowest BCUT2D eigenvalue weighted by Crippen LogP contribution is -2.47. The van der Waals surface area contributed by atoms with Gasteiger partial charge in [0.25, 0.3) is 0 Å². The molecule has 10 heteroatoms. The van der Waals surface area contributed by atoms with Crippen molar-refractivity contribution in [1.29, 1.82) is 0 Å². The van der Waals surface area contributed by atoms with Crippen LogP contribution in [0.3, 0.4) is 0 Å². The smallest absolute Gasteiger partial charge is 0.416 e. The number of ether oxygens (including phenoxy) is 1. The second kappa shape index (κ2) is 11.7.